The highest BCUT2D eigenvalue weighted by Gasteiger charge is 2.44. The van der Waals surface area contributed by atoms with Crippen LogP contribution < -0.4 is 0 Å². The molecule has 0 aliphatic carbocycles. The number of nitrogens with zero attached hydrogens (tertiary/aromatic N) is 2. The Balaban J connectivity index is 1.56. The first-order valence-electron chi connectivity index (χ1n) is 9.75. The Morgan fingerprint density at radius 1 is 1.10 bits per heavy atom. The molecule has 0 amide bonds. The van der Waals surface area contributed by atoms with E-state index in [0.717, 1.165) is 11.1 Å². The smallest absolute Gasteiger partial charge is 0.217 e. The second-order valence-electron chi connectivity index (χ2n) is 7.92. The van der Waals surface area contributed by atoms with Crippen molar-refractivity contribution in [3.63, 3.8) is 0 Å². The van der Waals surface area contributed by atoms with Crippen LogP contribution in [-0.2, 0) is 27.8 Å². The molecule has 0 bridgehead atoms. The summed E-state index contributed by atoms with van der Waals surface area (Å²) in [5.74, 6) is -0.969. The molecular formula is C21H23ClF2N2O3S. The van der Waals surface area contributed by atoms with Crippen LogP contribution in [0.3, 0.4) is 0 Å². The van der Waals surface area contributed by atoms with E-state index >= 15 is 0 Å². The van der Waals surface area contributed by atoms with Gasteiger partial charge in [-0.05, 0) is 47.9 Å². The summed E-state index contributed by atoms with van der Waals surface area (Å²) in [5.41, 5.74) is 2.10. The fraction of sp³-hybridized carbons (Fsp3) is 0.429. The van der Waals surface area contributed by atoms with Crippen molar-refractivity contribution in [3.8, 4) is 0 Å². The first-order valence-corrected chi connectivity index (χ1v) is 11.7. The van der Waals surface area contributed by atoms with Crippen molar-refractivity contribution >= 4 is 21.6 Å². The van der Waals surface area contributed by atoms with Gasteiger partial charge in [0.25, 0.3) is 0 Å². The van der Waals surface area contributed by atoms with Crippen molar-refractivity contribution in [2.24, 2.45) is 0 Å². The lowest BCUT2D eigenvalue weighted by Crippen LogP contribution is -2.45. The van der Waals surface area contributed by atoms with Crippen LogP contribution in [0.4, 0.5) is 8.78 Å². The Morgan fingerprint density at radius 2 is 1.90 bits per heavy atom. The summed E-state index contributed by atoms with van der Waals surface area (Å²) in [7, 11) is -3.56. The molecule has 2 atom stereocenters. The average molecular weight is 457 g/mol. The van der Waals surface area contributed by atoms with Gasteiger partial charge in [-0.1, -0.05) is 23.7 Å². The normalized spacial score (nSPS) is 24.5. The summed E-state index contributed by atoms with van der Waals surface area (Å²) in [4.78, 5) is 2.04. The molecule has 0 unspecified atom stereocenters. The van der Waals surface area contributed by atoms with Gasteiger partial charge in [0.15, 0.2) is 0 Å². The second kappa shape index (κ2) is 8.51. The molecule has 2 heterocycles. The van der Waals surface area contributed by atoms with Crippen molar-refractivity contribution in [1.82, 2.24) is 9.21 Å². The minimum atomic E-state index is -3.56. The molecule has 0 radical (unpaired) electrons. The molecule has 2 aromatic carbocycles. The van der Waals surface area contributed by atoms with Gasteiger partial charge in [0.1, 0.15) is 11.6 Å². The lowest BCUT2D eigenvalue weighted by molar-refractivity contribution is 0.0458. The van der Waals surface area contributed by atoms with Crippen molar-refractivity contribution < 1.29 is 21.9 Å². The van der Waals surface area contributed by atoms with Crippen molar-refractivity contribution in [3.05, 3.63) is 69.7 Å². The number of rotatable bonds is 4. The quantitative estimate of drug-likeness (QED) is 0.708. The van der Waals surface area contributed by atoms with E-state index in [2.05, 4.69) is 0 Å². The molecule has 0 saturated carbocycles. The summed E-state index contributed by atoms with van der Waals surface area (Å²) >= 11 is 5.76. The van der Waals surface area contributed by atoms with Gasteiger partial charge in [-0.15, -0.1) is 0 Å². The number of benzene rings is 2. The predicted octanol–water partition coefficient (Wildman–Crippen LogP) is 3.34. The van der Waals surface area contributed by atoms with E-state index in [-0.39, 0.29) is 35.8 Å². The summed E-state index contributed by atoms with van der Waals surface area (Å²) < 4.78 is 60.8. The van der Waals surface area contributed by atoms with E-state index in [0.29, 0.717) is 25.2 Å². The fourth-order valence-corrected chi connectivity index (χ4v) is 5.85. The van der Waals surface area contributed by atoms with Gasteiger partial charge in [0, 0.05) is 26.2 Å². The molecule has 2 saturated heterocycles. The highest BCUT2D eigenvalue weighted by Crippen LogP contribution is 2.29. The van der Waals surface area contributed by atoms with Crippen LogP contribution in [0.15, 0.2) is 36.4 Å². The molecule has 0 spiro atoms. The maximum absolute atomic E-state index is 13.8. The number of aryl methyl sites for hydroxylation is 1. The van der Waals surface area contributed by atoms with Gasteiger partial charge >= 0.3 is 0 Å². The molecule has 2 fully saturated rings. The summed E-state index contributed by atoms with van der Waals surface area (Å²) in [5, 5.41) is 0.0660. The van der Waals surface area contributed by atoms with Crippen LogP contribution in [-0.4, -0.2) is 55.2 Å². The molecule has 5 nitrogen and oxygen atoms in total. The average Bonchev–Trinajstić information content (AvgIpc) is 2.99. The van der Waals surface area contributed by atoms with E-state index in [9.17, 15) is 17.2 Å². The van der Waals surface area contributed by atoms with Crippen LogP contribution in [0.5, 0.6) is 0 Å². The molecule has 2 aromatic rings. The number of ether oxygens (including phenoxy) is 1. The first kappa shape index (κ1) is 21.6. The minimum absolute atomic E-state index is 0.0660. The van der Waals surface area contributed by atoms with Crippen LogP contribution in [0.1, 0.15) is 16.7 Å². The lowest BCUT2D eigenvalue weighted by Gasteiger charge is -2.28. The topological polar surface area (TPSA) is 49.9 Å². The Bertz CT molecular complexity index is 1030. The molecule has 4 rings (SSSR count). The standard InChI is InChI=1S/C21H23ClF2N2O3S/c1-14-6-16(8-17(23)7-14)11-26-20-12-25(10-15-2-3-18(22)19(24)9-15)13-21(20)29-4-5-30(26,27)28/h2-3,6-9,20-21H,4-5,10-13H2,1H3/t20-,21+/m1/s1. The molecular weight excluding hydrogens is 434 g/mol. The third-order valence-electron chi connectivity index (χ3n) is 5.54. The zero-order valence-electron chi connectivity index (χ0n) is 16.5. The SMILES string of the molecule is Cc1cc(F)cc(CN2[C@@H]3CN(Cc4ccc(Cl)c(F)c4)C[C@@H]3OCCS2(=O)=O)c1. The monoisotopic (exact) mass is 456 g/mol. The highest BCUT2D eigenvalue weighted by atomic mass is 35.5. The maximum atomic E-state index is 13.8. The van der Waals surface area contributed by atoms with Crippen LogP contribution in [0.2, 0.25) is 5.02 Å². The molecule has 0 N–H and O–H groups in total. The minimum Gasteiger partial charge on any atom is -0.374 e. The molecule has 2 aliphatic rings. The van der Waals surface area contributed by atoms with Crippen LogP contribution in [0.25, 0.3) is 0 Å². The number of hydrogen-bond donors (Lipinski definition) is 0. The molecule has 0 aromatic heterocycles. The fourth-order valence-electron chi connectivity index (χ4n) is 4.23. The maximum Gasteiger partial charge on any atom is 0.217 e. The second-order valence-corrected chi connectivity index (χ2v) is 10.4. The Kier molecular flexibility index (Phi) is 6.14. The van der Waals surface area contributed by atoms with Crippen molar-refractivity contribution in [2.75, 3.05) is 25.4 Å². The Morgan fingerprint density at radius 3 is 2.63 bits per heavy atom. The van der Waals surface area contributed by atoms with Gasteiger partial charge in [0.05, 0.1) is 29.5 Å². The zero-order chi connectivity index (χ0) is 21.5. The zero-order valence-corrected chi connectivity index (χ0v) is 18.1. The number of hydrogen-bond acceptors (Lipinski definition) is 4. The van der Waals surface area contributed by atoms with Gasteiger partial charge in [-0.25, -0.2) is 17.2 Å². The Hall–Kier alpha value is -1.58. The largest absolute Gasteiger partial charge is 0.374 e. The van der Waals surface area contributed by atoms with E-state index in [1.165, 1.54) is 28.6 Å². The highest BCUT2D eigenvalue weighted by molar-refractivity contribution is 7.89. The van der Waals surface area contributed by atoms with Gasteiger partial charge in [0.2, 0.25) is 10.0 Å². The van der Waals surface area contributed by atoms with E-state index in [1.54, 1.807) is 19.1 Å². The predicted molar refractivity (Wildman–Crippen MR) is 111 cm³/mol. The van der Waals surface area contributed by atoms with Gasteiger partial charge < -0.3 is 4.74 Å². The molecule has 162 valence electrons. The number of likely N-dealkylation sites (tertiary alicyclic amines) is 1. The van der Waals surface area contributed by atoms with Crippen LogP contribution in [0, 0.1) is 18.6 Å². The van der Waals surface area contributed by atoms with E-state index in [4.69, 9.17) is 16.3 Å². The molecule has 9 heteroatoms. The van der Waals surface area contributed by atoms with Gasteiger partial charge in [-0.2, -0.15) is 4.31 Å². The van der Waals surface area contributed by atoms with Crippen LogP contribution >= 0.6 is 11.6 Å². The summed E-state index contributed by atoms with van der Waals surface area (Å²) in [6.45, 7) is 3.42. The van der Waals surface area contributed by atoms with E-state index < -0.39 is 21.9 Å². The third-order valence-corrected chi connectivity index (χ3v) is 7.65. The van der Waals surface area contributed by atoms with Crippen molar-refractivity contribution in [2.45, 2.75) is 32.2 Å². The molecule has 2 aliphatic heterocycles. The van der Waals surface area contributed by atoms with Gasteiger partial charge in [-0.3, -0.25) is 4.90 Å². The summed E-state index contributed by atoms with van der Waals surface area (Å²) in [6, 6.07) is 8.84. The molecule has 30 heavy (non-hydrogen) atoms. The van der Waals surface area contributed by atoms with Crippen molar-refractivity contribution in [1.29, 1.82) is 0 Å². The number of halogens is 3. The lowest BCUT2D eigenvalue weighted by atomic mass is 10.1. The summed E-state index contributed by atoms with van der Waals surface area (Å²) in [6.07, 6.45) is -0.297. The third kappa shape index (κ3) is 4.68. The van der Waals surface area contributed by atoms with E-state index in [1.807, 2.05) is 4.90 Å². The first-order chi connectivity index (χ1) is 14.2. The number of sulfonamides is 1. The number of fused-ring (bicyclic) bond motifs is 1. The Labute approximate surface area is 180 Å².